The van der Waals surface area contributed by atoms with Crippen LogP contribution in [0.2, 0.25) is 0 Å². The van der Waals surface area contributed by atoms with E-state index >= 15 is 0 Å². The number of aliphatic imine (C=N–C) groups is 1. The van der Waals surface area contributed by atoms with Gasteiger partial charge in [0.15, 0.2) is 5.17 Å². The van der Waals surface area contributed by atoms with Gasteiger partial charge in [-0.2, -0.15) is 0 Å². The molecule has 108 valence electrons. The second-order valence-corrected chi connectivity index (χ2v) is 5.70. The lowest BCUT2D eigenvalue weighted by Gasteiger charge is -2.18. The molecule has 0 amide bonds. The van der Waals surface area contributed by atoms with Crippen LogP contribution in [0.5, 0.6) is 0 Å². The Bertz CT molecular complexity index is 453. The largest absolute Gasteiger partial charge is 0.379 e. The third kappa shape index (κ3) is 4.15. The van der Waals surface area contributed by atoms with E-state index in [0.29, 0.717) is 5.17 Å². The molecular formula is C15H25ClN2S. The summed E-state index contributed by atoms with van der Waals surface area (Å²) in [4.78, 5) is 4.22. The third-order valence-electron chi connectivity index (χ3n) is 3.83. The van der Waals surface area contributed by atoms with E-state index in [2.05, 4.69) is 39.6 Å². The van der Waals surface area contributed by atoms with Crippen LogP contribution in [0.25, 0.3) is 0 Å². The molecule has 0 bridgehead atoms. The lowest BCUT2D eigenvalue weighted by Crippen LogP contribution is -2.09. The summed E-state index contributed by atoms with van der Waals surface area (Å²) in [6.07, 6.45) is 0. The number of thioether (sulfide) groups is 1. The normalized spacial score (nSPS) is 11.4. The molecule has 2 N–H and O–H groups in total. The Kier molecular flexibility index (Phi) is 7.53. The van der Waals surface area contributed by atoms with Gasteiger partial charge in [0, 0.05) is 12.3 Å². The summed E-state index contributed by atoms with van der Waals surface area (Å²) in [6.45, 7) is 13.8. The zero-order valence-electron chi connectivity index (χ0n) is 12.8. The van der Waals surface area contributed by atoms with E-state index in [-0.39, 0.29) is 12.4 Å². The first-order valence-electron chi connectivity index (χ1n) is 6.38. The van der Waals surface area contributed by atoms with E-state index in [9.17, 15) is 0 Å². The van der Waals surface area contributed by atoms with Crippen LogP contribution in [0.1, 0.15) is 40.3 Å². The van der Waals surface area contributed by atoms with Crippen LogP contribution in [0, 0.1) is 34.6 Å². The molecule has 1 aromatic rings. The Balaban J connectivity index is 0.00000324. The molecule has 19 heavy (non-hydrogen) atoms. The molecule has 0 atom stereocenters. The Morgan fingerprint density at radius 3 is 1.79 bits per heavy atom. The summed E-state index contributed by atoms with van der Waals surface area (Å²) >= 11 is 1.63. The van der Waals surface area contributed by atoms with Crippen LogP contribution < -0.4 is 5.73 Å². The van der Waals surface area contributed by atoms with Gasteiger partial charge in [-0.1, -0.05) is 11.8 Å². The topological polar surface area (TPSA) is 38.4 Å². The van der Waals surface area contributed by atoms with E-state index in [4.69, 9.17) is 5.73 Å². The number of hydrogen-bond donors (Lipinski definition) is 1. The van der Waals surface area contributed by atoms with E-state index in [1.54, 1.807) is 11.8 Å². The van der Waals surface area contributed by atoms with Gasteiger partial charge in [0.05, 0.1) is 0 Å². The quantitative estimate of drug-likeness (QED) is 0.670. The Morgan fingerprint density at radius 1 is 0.947 bits per heavy atom. The molecule has 0 spiro atoms. The minimum Gasteiger partial charge on any atom is -0.379 e. The first-order chi connectivity index (χ1) is 8.40. The van der Waals surface area contributed by atoms with E-state index in [0.717, 1.165) is 12.3 Å². The van der Waals surface area contributed by atoms with Gasteiger partial charge in [-0.05, 0) is 74.9 Å². The maximum atomic E-state index is 5.85. The first-order valence-corrected chi connectivity index (χ1v) is 7.37. The summed E-state index contributed by atoms with van der Waals surface area (Å²) in [6, 6.07) is 0. The molecule has 0 aromatic heterocycles. The molecule has 0 heterocycles. The SMILES string of the molecule is CCN=C(N)SCc1c(C)c(C)c(C)c(C)c1C.Cl. The lowest BCUT2D eigenvalue weighted by atomic mass is 9.90. The van der Waals surface area contributed by atoms with Gasteiger partial charge in [0.2, 0.25) is 0 Å². The molecule has 0 aliphatic heterocycles. The van der Waals surface area contributed by atoms with Crippen molar-refractivity contribution < 1.29 is 0 Å². The van der Waals surface area contributed by atoms with Crippen molar-refractivity contribution in [1.29, 1.82) is 0 Å². The van der Waals surface area contributed by atoms with Gasteiger partial charge in [-0.25, -0.2) is 0 Å². The van der Waals surface area contributed by atoms with Crippen LogP contribution in [0.3, 0.4) is 0 Å². The average Bonchev–Trinajstić information content (AvgIpc) is 2.34. The Morgan fingerprint density at radius 2 is 1.37 bits per heavy atom. The molecule has 4 heteroatoms. The number of amidine groups is 1. The molecule has 1 rings (SSSR count). The van der Waals surface area contributed by atoms with Crippen molar-refractivity contribution in [3.05, 3.63) is 33.4 Å². The van der Waals surface area contributed by atoms with Gasteiger partial charge < -0.3 is 5.73 Å². The number of nitrogens with two attached hydrogens (primary N) is 1. The van der Waals surface area contributed by atoms with Crippen molar-refractivity contribution in [3.63, 3.8) is 0 Å². The molecule has 0 unspecified atom stereocenters. The number of hydrogen-bond acceptors (Lipinski definition) is 2. The molecule has 1 aromatic carbocycles. The highest BCUT2D eigenvalue weighted by atomic mass is 35.5. The van der Waals surface area contributed by atoms with Gasteiger partial charge >= 0.3 is 0 Å². The van der Waals surface area contributed by atoms with Crippen molar-refractivity contribution in [3.8, 4) is 0 Å². The highest BCUT2D eigenvalue weighted by molar-refractivity contribution is 8.13. The number of rotatable bonds is 3. The fraction of sp³-hybridized carbons (Fsp3) is 0.533. The van der Waals surface area contributed by atoms with Crippen molar-refractivity contribution in [2.75, 3.05) is 6.54 Å². The van der Waals surface area contributed by atoms with E-state index in [1.807, 2.05) is 6.92 Å². The van der Waals surface area contributed by atoms with Crippen LogP contribution in [0.4, 0.5) is 0 Å². The van der Waals surface area contributed by atoms with Gasteiger partial charge in [-0.15, -0.1) is 12.4 Å². The van der Waals surface area contributed by atoms with Crippen LogP contribution in [-0.2, 0) is 5.75 Å². The van der Waals surface area contributed by atoms with Crippen molar-refractivity contribution in [2.45, 2.75) is 47.3 Å². The van der Waals surface area contributed by atoms with Gasteiger partial charge in [-0.3, -0.25) is 4.99 Å². The smallest absolute Gasteiger partial charge is 0.154 e. The zero-order valence-corrected chi connectivity index (χ0v) is 14.4. The molecule has 0 saturated carbocycles. The van der Waals surface area contributed by atoms with Gasteiger partial charge in [0.25, 0.3) is 0 Å². The van der Waals surface area contributed by atoms with E-state index < -0.39 is 0 Å². The number of nitrogens with zero attached hydrogens (tertiary/aromatic N) is 1. The summed E-state index contributed by atoms with van der Waals surface area (Å²) in [5.41, 5.74) is 14.3. The summed E-state index contributed by atoms with van der Waals surface area (Å²) in [7, 11) is 0. The Hall–Kier alpha value is -0.670. The maximum absolute atomic E-state index is 5.85. The predicted octanol–water partition coefficient (Wildman–Crippen LogP) is 4.22. The lowest BCUT2D eigenvalue weighted by molar-refractivity contribution is 1.12. The van der Waals surface area contributed by atoms with Crippen molar-refractivity contribution in [1.82, 2.24) is 0 Å². The van der Waals surface area contributed by atoms with Crippen LogP contribution in [-0.4, -0.2) is 11.7 Å². The second kappa shape index (κ2) is 7.81. The van der Waals surface area contributed by atoms with Crippen LogP contribution >= 0.6 is 24.2 Å². The average molecular weight is 301 g/mol. The molecule has 2 nitrogen and oxygen atoms in total. The zero-order chi connectivity index (χ0) is 13.9. The summed E-state index contributed by atoms with van der Waals surface area (Å²) < 4.78 is 0. The highest BCUT2D eigenvalue weighted by Crippen LogP contribution is 2.28. The predicted molar refractivity (Wildman–Crippen MR) is 90.8 cm³/mol. The number of benzene rings is 1. The first kappa shape index (κ1) is 18.3. The van der Waals surface area contributed by atoms with Gasteiger partial charge in [0.1, 0.15) is 0 Å². The Labute approximate surface area is 127 Å². The maximum Gasteiger partial charge on any atom is 0.154 e. The minimum atomic E-state index is 0. The summed E-state index contributed by atoms with van der Waals surface area (Å²) in [5.74, 6) is 0.912. The monoisotopic (exact) mass is 300 g/mol. The number of halogens is 1. The van der Waals surface area contributed by atoms with E-state index in [1.165, 1.54) is 33.4 Å². The minimum absolute atomic E-state index is 0. The molecule has 0 aliphatic rings. The van der Waals surface area contributed by atoms with Crippen LogP contribution in [0.15, 0.2) is 4.99 Å². The third-order valence-corrected chi connectivity index (χ3v) is 4.69. The fourth-order valence-corrected chi connectivity index (χ4v) is 3.09. The second-order valence-electron chi connectivity index (χ2n) is 4.70. The van der Waals surface area contributed by atoms with Crippen molar-refractivity contribution in [2.24, 2.45) is 10.7 Å². The molecule has 0 radical (unpaired) electrons. The summed E-state index contributed by atoms with van der Waals surface area (Å²) in [5, 5.41) is 0.687. The molecular weight excluding hydrogens is 276 g/mol. The molecule has 0 saturated heterocycles. The fourth-order valence-electron chi connectivity index (χ4n) is 2.14. The molecule has 0 fully saturated rings. The standard InChI is InChI=1S/C15H24N2S.ClH/c1-7-17-15(16)18-8-14-12(5)10(3)9(2)11(4)13(14)6;/h7-8H2,1-6H3,(H2,16,17);1H. The highest BCUT2D eigenvalue weighted by Gasteiger charge is 2.12. The van der Waals surface area contributed by atoms with Crippen molar-refractivity contribution >= 4 is 29.3 Å². The molecule has 0 aliphatic carbocycles.